The minimum atomic E-state index is -3.82. The summed E-state index contributed by atoms with van der Waals surface area (Å²) in [4.78, 5) is 24.3. The number of fused-ring (bicyclic) bond motifs is 1. The summed E-state index contributed by atoms with van der Waals surface area (Å²) in [5.41, 5.74) is 1.70. The van der Waals surface area contributed by atoms with Crippen LogP contribution in [0.4, 0.5) is 5.69 Å². The van der Waals surface area contributed by atoms with E-state index in [9.17, 15) is 18.0 Å². The first-order valence-corrected chi connectivity index (χ1v) is 11.3. The number of nitrogens with one attached hydrogen (secondary N) is 1. The molecule has 30 heavy (non-hydrogen) atoms. The molecule has 1 amide bonds. The van der Waals surface area contributed by atoms with Crippen LogP contribution in [-0.4, -0.2) is 39.5 Å². The third-order valence-corrected chi connectivity index (χ3v) is 7.03. The molecule has 0 saturated carbocycles. The second kappa shape index (κ2) is 8.87. The number of para-hydroxylation sites is 1. The summed E-state index contributed by atoms with van der Waals surface area (Å²) in [5.74, 6) is -0.898. The molecule has 0 fully saturated rings. The highest BCUT2D eigenvalue weighted by Gasteiger charge is 2.31. The summed E-state index contributed by atoms with van der Waals surface area (Å²) in [7, 11) is -3.82. The smallest absolute Gasteiger partial charge is 0.338 e. The lowest BCUT2D eigenvalue weighted by Gasteiger charge is -2.20. The van der Waals surface area contributed by atoms with E-state index in [1.54, 1.807) is 12.1 Å². The fourth-order valence-corrected chi connectivity index (χ4v) is 4.69. The first kappa shape index (κ1) is 21.8. The van der Waals surface area contributed by atoms with Gasteiger partial charge in [-0.25, -0.2) is 13.2 Å². The monoisotopic (exact) mass is 430 g/mol. The summed E-state index contributed by atoms with van der Waals surface area (Å²) in [6.45, 7) is 5.75. The number of nitrogens with zero attached hydrogens (tertiary/aromatic N) is 1. The predicted octanol–water partition coefficient (Wildman–Crippen LogP) is 2.76. The number of esters is 1. The van der Waals surface area contributed by atoms with Gasteiger partial charge in [0.1, 0.15) is 0 Å². The Labute approximate surface area is 177 Å². The van der Waals surface area contributed by atoms with Crippen LogP contribution >= 0.6 is 0 Å². The molecule has 1 heterocycles. The van der Waals surface area contributed by atoms with Crippen LogP contribution in [0.25, 0.3) is 0 Å². The number of ether oxygens (including phenoxy) is 1. The summed E-state index contributed by atoms with van der Waals surface area (Å²) < 4.78 is 32.7. The van der Waals surface area contributed by atoms with Gasteiger partial charge < -0.3 is 10.1 Å². The Balaban J connectivity index is 1.72. The highest BCUT2D eigenvalue weighted by atomic mass is 32.2. The second-order valence-corrected chi connectivity index (χ2v) is 9.52. The van der Waals surface area contributed by atoms with Crippen LogP contribution in [0.2, 0.25) is 0 Å². The zero-order valence-corrected chi connectivity index (χ0v) is 18.1. The molecule has 0 unspecified atom stereocenters. The number of sulfonamides is 1. The van der Waals surface area contributed by atoms with E-state index in [1.807, 2.05) is 32.9 Å². The Hall–Kier alpha value is -2.87. The van der Waals surface area contributed by atoms with Crippen molar-refractivity contribution in [3.8, 4) is 0 Å². The van der Waals surface area contributed by atoms with Crippen molar-refractivity contribution < 1.29 is 22.7 Å². The molecular weight excluding hydrogens is 404 g/mol. The van der Waals surface area contributed by atoms with Gasteiger partial charge in [0.15, 0.2) is 6.61 Å². The summed E-state index contributed by atoms with van der Waals surface area (Å²) in [6, 6.07) is 13.0. The SMILES string of the molecule is CC(C)[C@H](C)NC(=O)COC(=O)c1cccc(S(=O)(=O)N2CCc3ccccc32)c1. The number of hydrogen-bond donors (Lipinski definition) is 1. The lowest BCUT2D eigenvalue weighted by atomic mass is 10.1. The van der Waals surface area contributed by atoms with Crippen LogP contribution in [0, 0.1) is 5.92 Å². The number of hydrogen-bond acceptors (Lipinski definition) is 5. The number of amides is 1. The van der Waals surface area contributed by atoms with Crippen molar-refractivity contribution in [1.29, 1.82) is 0 Å². The quantitative estimate of drug-likeness (QED) is 0.682. The van der Waals surface area contributed by atoms with Crippen molar-refractivity contribution in [3.63, 3.8) is 0 Å². The maximum Gasteiger partial charge on any atom is 0.338 e. The van der Waals surface area contributed by atoms with Gasteiger partial charge in [-0.15, -0.1) is 0 Å². The molecule has 8 heteroatoms. The van der Waals surface area contributed by atoms with Gasteiger partial charge in [-0.05, 0) is 49.1 Å². The zero-order valence-electron chi connectivity index (χ0n) is 17.3. The van der Waals surface area contributed by atoms with Gasteiger partial charge in [-0.3, -0.25) is 9.10 Å². The summed E-state index contributed by atoms with van der Waals surface area (Å²) >= 11 is 0. The lowest BCUT2D eigenvalue weighted by Crippen LogP contribution is -2.38. The van der Waals surface area contributed by atoms with Gasteiger partial charge in [0.2, 0.25) is 0 Å². The van der Waals surface area contributed by atoms with Crippen molar-refractivity contribution >= 4 is 27.6 Å². The summed E-state index contributed by atoms with van der Waals surface area (Å²) in [6.07, 6.45) is 0.640. The first-order valence-electron chi connectivity index (χ1n) is 9.87. The molecule has 3 rings (SSSR count). The Bertz CT molecular complexity index is 1050. The van der Waals surface area contributed by atoms with Crippen LogP contribution < -0.4 is 9.62 Å². The molecule has 0 aliphatic carbocycles. The Morgan fingerprint density at radius 1 is 1.10 bits per heavy atom. The standard InChI is InChI=1S/C22H26N2O5S/c1-15(2)16(3)23-21(25)14-29-22(26)18-8-6-9-19(13-18)30(27,28)24-12-11-17-7-4-5-10-20(17)24/h4-10,13,15-16H,11-12,14H2,1-3H3,(H,23,25)/t16-/m0/s1. The number of anilines is 1. The minimum Gasteiger partial charge on any atom is -0.452 e. The molecule has 1 atom stereocenters. The molecule has 2 aromatic carbocycles. The number of benzene rings is 2. The molecular formula is C22H26N2O5S. The van der Waals surface area contributed by atoms with Crippen LogP contribution in [0.15, 0.2) is 53.4 Å². The Morgan fingerprint density at radius 3 is 2.57 bits per heavy atom. The van der Waals surface area contributed by atoms with E-state index in [4.69, 9.17) is 4.74 Å². The topological polar surface area (TPSA) is 92.8 Å². The lowest BCUT2D eigenvalue weighted by molar-refractivity contribution is -0.125. The van der Waals surface area contributed by atoms with Crippen molar-refractivity contribution in [3.05, 3.63) is 59.7 Å². The maximum absolute atomic E-state index is 13.1. The van der Waals surface area contributed by atoms with Crippen molar-refractivity contribution in [2.75, 3.05) is 17.5 Å². The Morgan fingerprint density at radius 2 is 1.83 bits per heavy atom. The van der Waals surface area contributed by atoms with Crippen LogP contribution in [0.1, 0.15) is 36.7 Å². The van der Waals surface area contributed by atoms with Gasteiger partial charge in [-0.1, -0.05) is 38.1 Å². The predicted molar refractivity (Wildman–Crippen MR) is 114 cm³/mol. The van der Waals surface area contributed by atoms with E-state index in [0.29, 0.717) is 18.7 Å². The van der Waals surface area contributed by atoms with Gasteiger partial charge in [0.25, 0.3) is 15.9 Å². The molecule has 1 aliphatic heterocycles. The highest BCUT2D eigenvalue weighted by Crippen LogP contribution is 2.32. The van der Waals surface area contributed by atoms with Crippen molar-refractivity contribution in [2.45, 2.75) is 38.1 Å². The molecule has 0 bridgehead atoms. The van der Waals surface area contributed by atoms with Gasteiger partial charge in [-0.2, -0.15) is 0 Å². The van der Waals surface area contributed by atoms with Crippen LogP contribution in [0.3, 0.4) is 0 Å². The van der Waals surface area contributed by atoms with Gasteiger partial charge in [0.05, 0.1) is 16.1 Å². The van der Waals surface area contributed by atoms with E-state index < -0.39 is 28.5 Å². The molecule has 0 radical (unpaired) electrons. The van der Waals surface area contributed by atoms with E-state index >= 15 is 0 Å². The molecule has 1 N–H and O–H groups in total. The number of carbonyl (C=O) groups is 2. The molecule has 0 saturated heterocycles. The second-order valence-electron chi connectivity index (χ2n) is 7.66. The first-order chi connectivity index (χ1) is 14.2. The van der Waals surface area contributed by atoms with Crippen LogP contribution in [-0.2, 0) is 26.0 Å². The normalized spacial score (nSPS) is 14.3. The third kappa shape index (κ3) is 4.64. The average molecular weight is 431 g/mol. The molecule has 7 nitrogen and oxygen atoms in total. The molecule has 1 aliphatic rings. The van der Waals surface area contributed by atoms with E-state index in [2.05, 4.69) is 5.32 Å². The third-order valence-electron chi connectivity index (χ3n) is 5.23. The fraction of sp³-hybridized carbons (Fsp3) is 0.364. The van der Waals surface area contributed by atoms with E-state index in [1.165, 1.54) is 28.6 Å². The summed E-state index contributed by atoms with van der Waals surface area (Å²) in [5, 5.41) is 2.75. The molecule has 0 spiro atoms. The molecule has 0 aromatic heterocycles. The largest absolute Gasteiger partial charge is 0.452 e. The Kier molecular flexibility index (Phi) is 6.45. The van der Waals surface area contributed by atoms with Gasteiger partial charge in [0, 0.05) is 12.6 Å². The minimum absolute atomic E-state index is 0.00605. The number of carbonyl (C=O) groups excluding carboxylic acids is 2. The van der Waals surface area contributed by atoms with Crippen molar-refractivity contribution in [1.82, 2.24) is 5.32 Å². The van der Waals surface area contributed by atoms with Gasteiger partial charge >= 0.3 is 5.97 Å². The molecule has 160 valence electrons. The van der Waals surface area contributed by atoms with E-state index in [-0.39, 0.29) is 22.4 Å². The average Bonchev–Trinajstić information content (AvgIpc) is 3.17. The fourth-order valence-electron chi connectivity index (χ4n) is 3.15. The zero-order chi connectivity index (χ0) is 21.9. The highest BCUT2D eigenvalue weighted by molar-refractivity contribution is 7.92. The maximum atomic E-state index is 13.1. The van der Waals surface area contributed by atoms with Crippen molar-refractivity contribution in [2.24, 2.45) is 5.92 Å². The molecule has 2 aromatic rings. The van der Waals surface area contributed by atoms with Crippen LogP contribution in [0.5, 0.6) is 0 Å². The van der Waals surface area contributed by atoms with E-state index in [0.717, 1.165) is 5.56 Å². The number of rotatable bonds is 7.